The van der Waals surface area contributed by atoms with E-state index in [2.05, 4.69) is 23.6 Å². The number of hydrogen-bond donors (Lipinski definition) is 6. The first kappa shape index (κ1) is 23.2. The fourth-order valence-electron chi connectivity index (χ4n) is 1.02. The zero-order chi connectivity index (χ0) is 16.1. The summed E-state index contributed by atoms with van der Waals surface area (Å²) in [6.45, 7) is -3.61. The van der Waals surface area contributed by atoms with Crippen LogP contribution in [0.5, 0.6) is 0 Å². The summed E-state index contributed by atoms with van der Waals surface area (Å²) in [4.78, 5) is 45.3. The zero-order valence-electron chi connectivity index (χ0n) is 10.9. The highest BCUT2D eigenvalue weighted by Gasteiger charge is 1.95. The fraction of sp³-hybridized carbons (Fsp3) is 1.00. The quantitative estimate of drug-likeness (QED) is 0.321. The molecule has 6 N–H and O–H groups in total. The first-order chi connectivity index (χ1) is 9.00. The van der Waals surface area contributed by atoms with Crippen molar-refractivity contribution in [2.24, 2.45) is 0 Å². The highest BCUT2D eigenvalue weighted by molar-refractivity contribution is 8.06. The van der Waals surface area contributed by atoms with Crippen LogP contribution in [0.25, 0.3) is 0 Å². The van der Waals surface area contributed by atoms with E-state index in [-0.39, 0.29) is 0 Å². The van der Waals surface area contributed by atoms with Gasteiger partial charge in [0.25, 0.3) is 0 Å². The minimum absolute atomic E-state index is 1.00. The van der Waals surface area contributed by atoms with Gasteiger partial charge in [-0.3, -0.25) is 0 Å². The summed E-state index contributed by atoms with van der Waals surface area (Å²) in [5.74, 6) is 0. The molecule has 0 unspecified atom stereocenters. The smallest absolute Gasteiger partial charge is 0.319 e. The predicted octanol–water partition coefficient (Wildman–Crippen LogP) is -0.0308. The van der Waals surface area contributed by atoms with Crippen molar-refractivity contribution >= 4 is 37.1 Å². The predicted molar refractivity (Wildman–Crippen MR) is 82.0 cm³/mol. The van der Waals surface area contributed by atoms with E-state index in [0.717, 1.165) is 26.4 Å². The van der Waals surface area contributed by atoms with E-state index in [1.165, 1.54) is 25.7 Å². The maximum absolute atomic E-state index is 7.56. The van der Waals surface area contributed by atoms with E-state index in [0.29, 0.717) is 0 Å². The maximum atomic E-state index is 7.56. The molecule has 2 aliphatic heterocycles. The Morgan fingerprint density at radius 3 is 0.750 bits per heavy atom. The standard InChI is InChI=1S/2C4H8O.2H3O3PS/c2*1-2-4-5-3-1;2*1-4(2,3)5/h2*1-4H2;2*(H3,1,2,3,5). The van der Waals surface area contributed by atoms with E-state index in [9.17, 15) is 0 Å². The molecule has 0 amide bonds. The Kier molecular flexibility index (Phi) is 15.8. The van der Waals surface area contributed by atoms with Gasteiger partial charge in [-0.05, 0) is 49.3 Å². The number of ether oxygens (including phenoxy) is 2. The molecule has 0 aromatic carbocycles. The molecule has 0 radical (unpaired) electrons. The summed E-state index contributed by atoms with van der Waals surface area (Å²) >= 11 is 7.21. The Hall–Kier alpha value is 0.980. The van der Waals surface area contributed by atoms with Crippen LogP contribution in [0.1, 0.15) is 25.7 Å². The third-order valence-corrected chi connectivity index (χ3v) is 1.65. The van der Waals surface area contributed by atoms with Crippen LogP contribution in [-0.2, 0) is 33.1 Å². The Labute approximate surface area is 128 Å². The fourth-order valence-corrected chi connectivity index (χ4v) is 1.02. The minimum atomic E-state index is -3.81. The highest BCUT2D eigenvalue weighted by atomic mass is 32.5. The second-order valence-corrected chi connectivity index (χ2v) is 8.66. The Morgan fingerprint density at radius 2 is 0.700 bits per heavy atom. The first-order valence-electron chi connectivity index (χ1n) is 5.72. The van der Waals surface area contributed by atoms with Gasteiger partial charge in [-0.1, -0.05) is 0 Å². The topological polar surface area (TPSA) is 140 Å². The molecule has 2 fully saturated rings. The van der Waals surface area contributed by atoms with E-state index >= 15 is 0 Å². The summed E-state index contributed by atoms with van der Waals surface area (Å²) < 4.78 is 9.89. The SMILES string of the molecule is C1CCOC1.C1CCOC1.OP(O)(O)=S.OP(O)(O)=S. The van der Waals surface area contributed by atoms with Crippen LogP contribution in [0.15, 0.2) is 0 Å². The van der Waals surface area contributed by atoms with Crippen LogP contribution < -0.4 is 0 Å². The largest absolute Gasteiger partial charge is 0.381 e. The molecule has 0 spiro atoms. The van der Waals surface area contributed by atoms with Crippen molar-refractivity contribution in [1.29, 1.82) is 0 Å². The van der Waals surface area contributed by atoms with Crippen LogP contribution in [0.4, 0.5) is 0 Å². The highest BCUT2D eigenvalue weighted by Crippen LogP contribution is 2.26. The molecular weight excluding hydrogens is 350 g/mol. The second-order valence-electron chi connectivity index (χ2n) is 3.67. The lowest BCUT2D eigenvalue weighted by Gasteiger charge is -1.88. The number of hydrogen-bond acceptors (Lipinski definition) is 4. The van der Waals surface area contributed by atoms with Gasteiger partial charge in [-0.2, -0.15) is 0 Å². The second kappa shape index (κ2) is 13.6. The summed E-state index contributed by atoms with van der Waals surface area (Å²) in [7, 11) is 0. The molecule has 0 bridgehead atoms. The van der Waals surface area contributed by atoms with E-state index < -0.39 is 13.4 Å². The molecule has 0 atom stereocenters. The molecule has 0 saturated carbocycles. The van der Waals surface area contributed by atoms with Crippen molar-refractivity contribution in [1.82, 2.24) is 0 Å². The van der Waals surface area contributed by atoms with Crippen molar-refractivity contribution < 1.29 is 38.8 Å². The van der Waals surface area contributed by atoms with Gasteiger partial charge in [-0.15, -0.1) is 0 Å². The van der Waals surface area contributed by atoms with Gasteiger partial charge in [0.2, 0.25) is 0 Å². The van der Waals surface area contributed by atoms with Gasteiger partial charge in [0.05, 0.1) is 0 Å². The first-order valence-corrected chi connectivity index (χ1v) is 11.0. The third-order valence-electron chi connectivity index (χ3n) is 1.65. The molecule has 0 aliphatic carbocycles. The van der Waals surface area contributed by atoms with Gasteiger partial charge in [0.15, 0.2) is 0 Å². The molecule has 0 aromatic heterocycles. The molecule has 8 nitrogen and oxygen atoms in total. The van der Waals surface area contributed by atoms with Crippen LogP contribution in [0, 0.1) is 0 Å². The van der Waals surface area contributed by atoms with Crippen LogP contribution in [0.3, 0.4) is 0 Å². The molecule has 12 heteroatoms. The average molecular weight is 372 g/mol. The van der Waals surface area contributed by atoms with Gasteiger partial charge < -0.3 is 38.8 Å². The van der Waals surface area contributed by atoms with Crippen molar-refractivity contribution in [3.05, 3.63) is 0 Å². The lowest BCUT2D eigenvalue weighted by Crippen LogP contribution is -1.74. The Morgan fingerprint density at radius 1 is 0.550 bits per heavy atom. The summed E-state index contributed by atoms with van der Waals surface area (Å²) in [5, 5.41) is 0. The number of rotatable bonds is 0. The molecule has 20 heavy (non-hydrogen) atoms. The van der Waals surface area contributed by atoms with E-state index in [1.807, 2.05) is 0 Å². The summed E-state index contributed by atoms with van der Waals surface area (Å²) in [6.07, 6.45) is 5.11. The molecule has 2 saturated heterocycles. The lowest BCUT2D eigenvalue weighted by atomic mass is 10.4. The molecular formula is C8H22O8P2S2. The van der Waals surface area contributed by atoms with Crippen molar-refractivity contribution in [3.8, 4) is 0 Å². The zero-order valence-corrected chi connectivity index (χ0v) is 14.3. The van der Waals surface area contributed by atoms with Crippen molar-refractivity contribution in [2.45, 2.75) is 25.7 Å². The normalized spacial score (nSPS) is 17.9. The van der Waals surface area contributed by atoms with Gasteiger partial charge >= 0.3 is 13.4 Å². The van der Waals surface area contributed by atoms with Crippen LogP contribution >= 0.6 is 13.4 Å². The molecule has 0 aromatic rings. The lowest BCUT2D eigenvalue weighted by molar-refractivity contribution is 0.198. The van der Waals surface area contributed by atoms with Gasteiger partial charge in [0, 0.05) is 26.4 Å². The van der Waals surface area contributed by atoms with Gasteiger partial charge in [0.1, 0.15) is 0 Å². The summed E-state index contributed by atoms with van der Waals surface area (Å²) in [6, 6.07) is 0. The minimum Gasteiger partial charge on any atom is -0.381 e. The Bertz CT molecular complexity index is 235. The molecule has 2 rings (SSSR count). The Balaban J connectivity index is 0. The van der Waals surface area contributed by atoms with Crippen molar-refractivity contribution in [3.63, 3.8) is 0 Å². The van der Waals surface area contributed by atoms with Crippen molar-refractivity contribution in [2.75, 3.05) is 26.4 Å². The van der Waals surface area contributed by atoms with Crippen LogP contribution in [0.2, 0.25) is 0 Å². The molecule has 2 heterocycles. The average Bonchev–Trinajstić information content (AvgIpc) is 2.92. The van der Waals surface area contributed by atoms with Crippen LogP contribution in [-0.4, -0.2) is 55.8 Å². The maximum Gasteiger partial charge on any atom is 0.319 e. The van der Waals surface area contributed by atoms with Gasteiger partial charge in [-0.25, -0.2) is 0 Å². The molecule has 124 valence electrons. The monoisotopic (exact) mass is 372 g/mol. The molecule has 2 aliphatic rings. The summed E-state index contributed by atoms with van der Waals surface area (Å²) in [5.41, 5.74) is 0. The van der Waals surface area contributed by atoms with E-state index in [4.69, 9.17) is 38.8 Å². The third kappa shape index (κ3) is 50.9. The van der Waals surface area contributed by atoms with E-state index in [1.54, 1.807) is 0 Å².